The third-order valence-corrected chi connectivity index (χ3v) is 2.18. The highest BCUT2D eigenvalue weighted by molar-refractivity contribution is 5.85. The first-order chi connectivity index (χ1) is 7.40. The number of amidine groups is 1. The maximum atomic E-state index is 5.59. The molecule has 0 fully saturated rings. The second kappa shape index (κ2) is 4.68. The molecule has 1 heterocycles. The van der Waals surface area contributed by atoms with Crippen LogP contribution in [0, 0.1) is 0 Å². The first-order valence-electron chi connectivity index (χ1n) is 4.93. The Bertz CT molecular complexity index is 363. The molecule has 0 bridgehead atoms. The Morgan fingerprint density at radius 2 is 2.13 bits per heavy atom. The number of nitrogens with one attached hydrogen (secondary N) is 1. The molecule has 0 atom stereocenters. The van der Waals surface area contributed by atoms with Crippen LogP contribution >= 0.6 is 0 Å². The van der Waals surface area contributed by atoms with Crippen LogP contribution in [0.3, 0.4) is 0 Å². The largest absolute Gasteiger partial charge is 0.493 e. The minimum atomic E-state index is 0.473. The van der Waals surface area contributed by atoms with Gasteiger partial charge < -0.3 is 14.8 Å². The van der Waals surface area contributed by atoms with E-state index in [1.54, 1.807) is 7.11 Å². The number of benzene rings is 1. The Morgan fingerprint density at radius 3 is 2.80 bits per heavy atom. The summed E-state index contributed by atoms with van der Waals surface area (Å²) in [7, 11) is 1.63. The molecule has 0 saturated carbocycles. The van der Waals surface area contributed by atoms with E-state index in [4.69, 9.17) is 9.47 Å². The van der Waals surface area contributed by atoms with E-state index in [9.17, 15) is 0 Å². The summed E-state index contributed by atoms with van der Waals surface area (Å²) in [6.45, 7) is 2.22. The summed E-state index contributed by atoms with van der Waals surface area (Å²) in [5.41, 5.74) is 0. The van der Waals surface area contributed by atoms with Crippen molar-refractivity contribution in [2.24, 2.45) is 4.99 Å². The summed E-state index contributed by atoms with van der Waals surface area (Å²) in [6.07, 6.45) is 0. The van der Waals surface area contributed by atoms with Gasteiger partial charge in [0.15, 0.2) is 11.5 Å². The van der Waals surface area contributed by atoms with Crippen molar-refractivity contribution in [1.82, 2.24) is 5.32 Å². The summed E-state index contributed by atoms with van der Waals surface area (Å²) in [5, 5.41) is 3.15. The molecule has 4 heteroatoms. The van der Waals surface area contributed by atoms with Crippen LogP contribution in [0.4, 0.5) is 0 Å². The second-order valence-electron chi connectivity index (χ2n) is 3.19. The summed E-state index contributed by atoms with van der Waals surface area (Å²) < 4.78 is 10.8. The molecular weight excluding hydrogens is 192 g/mol. The van der Waals surface area contributed by atoms with Crippen LogP contribution in [-0.2, 0) is 0 Å². The van der Waals surface area contributed by atoms with Gasteiger partial charge in [0.25, 0.3) is 0 Å². The molecule has 4 nitrogen and oxygen atoms in total. The fourth-order valence-electron chi connectivity index (χ4n) is 1.43. The molecule has 0 aromatic heterocycles. The van der Waals surface area contributed by atoms with E-state index in [1.807, 2.05) is 24.3 Å². The van der Waals surface area contributed by atoms with Gasteiger partial charge in [-0.3, -0.25) is 4.99 Å². The summed E-state index contributed by atoms with van der Waals surface area (Å²) in [6, 6.07) is 7.59. The summed E-state index contributed by atoms with van der Waals surface area (Å²) in [4.78, 5) is 4.25. The lowest BCUT2D eigenvalue weighted by atomic mass is 10.3. The van der Waals surface area contributed by atoms with E-state index in [2.05, 4.69) is 10.3 Å². The predicted octanol–water partition coefficient (Wildman–Crippen LogP) is 1.08. The van der Waals surface area contributed by atoms with Gasteiger partial charge in [0.2, 0.25) is 0 Å². The van der Waals surface area contributed by atoms with E-state index < -0.39 is 0 Å². The smallest absolute Gasteiger partial charge is 0.161 e. The number of aliphatic imine (C=N–C) groups is 1. The standard InChI is InChI=1S/C11H14N2O2/c1-14-9-4-2-3-5-10(9)15-8-11-12-6-7-13-11/h2-5H,6-8H2,1H3,(H,12,13). The highest BCUT2D eigenvalue weighted by Gasteiger charge is 2.07. The van der Waals surface area contributed by atoms with Crippen LogP contribution in [0.25, 0.3) is 0 Å². The van der Waals surface area contributed by atoms with Crippen molar-refractivity contribution in [2.45, 2.75) is 0 Å². The number of hydrogen-bond acceptors (Lipinski definition) is 4. The molecule has 0 unspecified atom stereocenters. The highest BCUT2D eigenvalue weighted by Crippen LogP contribution is 2.25. The van der Waals surface area contributed by atoms with E-state index in [0.717, 1.165) is 30.4 Å². The van der Waals surface area contributed by atoms with Gasteiger partial charge in [-0.1, -0.05) is 12.1 Å². The Labute approximate surface area is 88.9 Å². The lowest BCUT2D eigenvalue weighted by Gasteiger charge is -2.10. The van der Waals surface area contributed by atoms with Crippen LogP contribution in [0.5, 0.6) is 11.5 Å². The minimum Gasteiger partial charge on any atom is -0.493 e. The maximum absolute atomic E-state index is 5.59. The Morgan fingerprint density at radius 1 is 1.33 bits per heavy atom. The molecular formula is C11H14N2O2. The Kier molecular flexibility index (Phi) is 3.07. The van der Waals surface area contributed by atoms with Gasteiger partial charge in [0.05, 0.1) is 13.7 Å². The van der Waals surface area contributed by atoms with Crippen molar-refractivity contribution in [1.29, 1.82) is 0 Å². The Balaban J connectivity index is 1.97. The zero-order chi connectivity index (χ0) is 10.5. The Hall–Kier alpha value is -1.71. The van der Waals surface area contributed by atoms with Crippen LogP contribution in [0.15, 0.2) is 29.3 Å². The lowest BCUT2D eigenvalue weighted by Crippen LogP contribution is -2.24. The molecule has 0 radical (unpaired) electrons. The molecule has 1 aromatic carbocycles. The van der Waals surface area contributed by atoms with Crippen molar-refractivity contribution in [3.63, 3.8) is 0 Å². The number of nitrogens with zero attached hydrogens (tertiary/aromatic N) is 1. The normalized spacial score (nSPS) is 14.3. The van der Waals surface area contributed by atoms with Crippen molar-refractivity contribution in [2.75, 3.05) is 26.8 Å². The minimum absolute atomic E-state index is 0.473. The van der Waals surface area contributed by atoms with Crippen molar-refractivity contribution in [3.8, 4) is 11.5 Å². The number of hydrogen-bond donors (Lipinski definition) is 1. The highest BCUT2D eigenvalue weighted by atomic mass is 16.5. The average molecular weight is 206 g/mol. The van der Waals surface area contributed by atoms with E-state index in [-0.39, 0.29) is 0 Å². The topological polar surface area (TPSA) is 42.9 Å². The quantitative estimate of drug-likeness (QED) is 0.801. The maximum Gasteiger partial charge on any atom is 0.161 e. The van der Waals surface area contributed by atoms with Gasteiger partial charge in [-0.25, -0.2) is 0 Å². The van der Waals surface area contributed by atoms with Gasteiger partial charge in [-0.15, -0.1) is 0 Å². The van der Waals surface area contributed by atoms with E-state index in [1.165, 1.54) is 0 Å². The third-order valence-electron chi connectivity index (χ3n) is 2.18. The predicted molar refractivity (Wildman–Crippen MR) is 58.8 cm³/mol. The monoisotopic (exact) mass is 206 g/mol. The molecule has 1 aromatic rings. The number of methoxy groups -OCH3 is 1. The number of rotatable bonds is 4. The average Bonchev–Trinajstić information content (AvgIpc) is 2.79. The van der Waals surface area contributed by atoms with Gasteiger partial charge in [-0.05, 0) is 12.1 Å². The first kappa shape index (κ1) is 9.83. The molecule has 1 aliphatic heterocycles. The van der Waals surface area contributed by atoms with Crippen molar-refractivity contribution in [3.05, 3.63) is 24.3 Å². The summed E-state index contributed by atoms with van der Waals surface area (Å²) >= 11 is 0. The SMILES string of the molecule is COc1ccccc1OCC1=NCCN1. The molecule has 15 heavy (non-hydrogen) atoms. The molecule has 0 aliphatic carbocycles. The van der Waals surface area contributed by atoms with Gasteiger partial charge in [0, 0.05) is 6.54 Å². The number of ether oxygens (including phenoxy) is 2. The summed E-state index contributed by atoms with van der Waals surface area (Å²) in [5.74, 6) is 2.40. The fraction of sp³-hybridized carbons (Fsp3) is 0.364. The lowest BCUT2D eigenvalue weighted by molar-refractivity contribution is 0.333. The van der Waals surface area contributed by atoms with Gasteiger partial charge >= 0.3 is 0 Å². The fourth-order valence-corrected chi connectivity index (χ4v) is 1.43. The van der Waals surface area contributed by atoms with Crippen LogP contribution in [0.1, 0.15) is 0 Å². The van der Waals surface area contributed by atoms with Crippen LogP contribution < -0.4 is 14.8 Å². The van der Waals surface area contributed by atoms with E-state index in [0.29, 0.717) is 6.61 Å². The molecule has 0 amide bonds. The number of para-hydroxylation sites is 2. The molecule has 2 rings (SSSR count). The molecule has 0 saturated heterocycles. The second-order valence-corrected chi connectivity index (χ2v) is 3.19. The third kappa shape index (κ3) is 2.40. The van der Waals surface area contributed by atoms with Crippen LogP contribution in [0.2, 0.25) is 0 Å². The zero-order valence-corrected chi connectivity index (χ0v) is 8.69. The van der Waals surface area contributed by atoms with Gasteiger partial charge in [-0.2, -0.15) is 0 Å². The molecule has 1 aliphatic rings. The van der Waals surface area contributed by atoms with Crippen molar-refractivity contribution >= 4 is 5.84 Å². The van der Waals surface area contributed by atoms with Crippen LogP contribution in [-0.4, -0.2) is 32.6 Å². The van der Waals surface area contributed by atoms with E-state index >= 15 is 0 Å². The molecule has 80 valence electrons. The molecule has 0 spiro atoms. The molecule has 1 N–H and O–H groups in total. The zero-order valence-electron chi connectivity index (χ0n) is 8.69. The van der Waals surface area contributed by atoms with Crippen molar-refractivity contribution < 1.29 is 9.47 Å². The first-order valence-corrected chi connectivity index (χ1v) is 4.93. The van der Waals surface area contributed by atoms with Gasteiger partial charge in [0.1, 0.15) is 12.4 Å².